The number of nitrogens with two attached hydrogens (primary N) is 1. The zero-order chi connectivity index (χ0) is 21.5. The zero-order valence-corrected chi connectivity index (χ0v) is 17.4. The van der Waals surface area contributed by atoms with Gasteiger partial charge in [-0.25, -0.2) is 0 Å². The number of hydrogen-bond acceptors (Lipinski definition) is 4. The fourth-order valence-electron chi connectivity index (χ4n) is 4.10. The lowest BCUT2D eigenvalue weighted by atomic mass is 9.80. The van der Waals surface area contributed by atoms with Crippen LogP contribution in [0.2, 0.25) is 0 Å². The summed E-state index contributed by atoms with van der Waals surface area (Å²) in [6.45, 7) is 0.602. The predicted molar refractivity (Wildman–Crippen MR) is 123 cm³/mol. The van der Waals surface area contributed by atoms with Crippen molar-refractivity contribution >= 4 is 16.7 Å². The Hall–Kier alpha value is -3.57. The van der Waals surface area contributed by atoms with Crippen molar-refractivity contribution in [3.05, 3.63) is 108 Å². The summed E-state index contributed by atoms with van der Waals surface area (Å²) in [5, 5.41) is 5.65. The first kappa shape index (κ1) is 20.7. The number of nitrogens with zero attached hydrogens (tertiary/aromatic N) is 2. The van der Waals surface area contributed by atoms with E-state index in [9.17, 15) is 4.79 Å². The van der Waals surface area contributed by atoms with E-state index in [1.54, 1.807) is 12.4 Å². The number of hydrogen-bond donors (Lipinski definition) is 2. The van der Waals surface area contributed by atoms with Gasteiger partial charge >= 0.3 is 0 Å². The summed E-state index contributed by atoms with van der Waals surface area (Å²) in [6.07, 6.45) is 9.16. The number of aryl methyl sites for hydroxylation is 1. The van der Waals surface area contributed by atoms with Crippen LogP contribution in [0.5, 0.6) is 0 Å². The quantitative estimate of drug-likeness (QED) is 0.440. The minimum atomic E-state index is -1.00. The summed E-state index contributed by atoms with van der Waals surface area (Å²) in [4.78, 5) is 21.5. The molecule has 0 radical (unpaired) electrons. The van der Waals surface area contributed by atoms with Crippen molar-refractivity contribution in [2.75, 3.05) is 6.54 Å². The molecule has 1 atom stereocenters. The summed E-state index contributed by atoms with van der Waals surface area (Å²) >= 11 is 0. The molecule has 1 amide bonds. The second-order valence-electron chi connectivity index (χ2n) is 7.70. The highest BCUT2D eigenvalue weighted by Gasteiger charge is 2.38. The normalized spacial score (nSPS) is 13.0. The number of amides is 1. The van der Waals surface area contributed by atoms with Crippen LogP contribution >= 0.6 is 0 Å². The Morgan fingerprint density at radius 3 is 2.19 bits per heavy atom. The van der Waals surface area contributed by atoms with Gasteiger partial charge < -0.3 is 5.73 Å². The highest BCUT2D eigenvalue weighted by molar-refractivity contribution is 5.95. The van der Waals surface area contributed by atoms with Crippen molar-refractivity contribution in [3.8, 4) is 0 Å². The standard InChI is InChI=1S/C26H26N4O/c27-25(31)26(14-12-20-6-4-15-28-18-20,30-17-13-21-7-5-16-29-19-21)24-11-3-9-22-8-1-2-10-23(22)24/h1-11,15-16,18-19,30H,12-14,17H2,(H2,27,31). The molecule has 3 N–H and O–H groups in total. The molecule has 2 aromatic heterocycles. The average Bonchev–Trinajstić information content (AvgIpc) is 2.82. The summed E-state index contributed by atoms with van der Waals surface area (Å²) in [6, 6.07) is 22.1. The van der Waals surface area contributed by atoms with E-state index >= 15 is 0 Å². The lowest BCUT2D eigenvalue weighted by molar-refractivity contribution is -0.125. The monoisotopic (exact) mass is 410 g/mol. The van der Waals surface area contributed by atoms with E-state index in [1.165, 1.54) is 0 Å². The molecule has 0 aliphatic rings. The number of carbonyl (C=O) groups excluding carboxylic acids is 1. The molecule has 4 aromatic rings. The van der Waals surface area contributed by atoms with Crippen molar-refractivity contribution in [3.63, 3.8) is 0 Å². The molecule has 31 heavy (non-hydrogen) atoms. The van der Waals surface area contributed by atoms with Gasteiger partial charge in [-0.05, 0) is 58.9 Å². The minimum Gasteiger partial charge on any atom is -0.368 e. The van der Waals surface area contributed by atoms with Gasteiger partial charge in [0.1, 0.15) is 5.54 Å². The first-order valence-electron chi connectivity index (χ1n) is 10.5. The molecule has 0 aliphatic carbocycles. The first-order valence-corrected chi connectivity index (χ1v) is 10.5. The summed E-state index contributed by atoms with van der Waals surface area (Å²) < 4.78 is 0. The van der Waals surface area contributed by atoms with E-state index in [0.29, 0.717) is 19.4 Å². The number of aromatic nitrogens is 2. The Labute approximate surface area is 182 Å². The second kappa shape index (κ2) is 9.49. The van der Waals surface area contributed by atoms with Gasteiger partial charge in [0, 0.05) is 31.3 Å². The Morgan fingerprint density at radius 2 is 1.52 bits per heavy atom. The fraction of sp³-hybridized carbons (Fsp3) is 0.192. The van der Waals surface area contributed by atoms with Gasteiger partial charge in [-0.15, -0.1) is 0 Å². The molecule has 0 fully saturated rings. The maximum Gasteiger partial charge on any atom is 0.242 e. The van der Waals surface area contributed by atoms with Crippen LogP contribution in [0.25, 0.3) is 10.8 Å². The van der Waals surface area contributed by atoms with Crippen LogP contribution in [0.3, 0.4) is 0 Å². The second-order valence-corrected chi connectivity index (χ2v) is 7.70. The van der Waals surface area contributed by atoms with E-state index in [4.69, 9.17) is 5.73 Å². The van der Waals surface area contributed by atoms with Gasteiger partial charge in [-0.1, -0.05) is 54.6 Å². The molecule has 5 nitrogen and oxygen atoms in total. The minimum absolute atomic E-state index is 0.376. The topological polar surface area (TPSA) is 80.9 Å². The molecule has 0 spiro atoms. The lowest BCUT2D eigenvalue weighted by Crippen LogP contribution is -2.53. The van der Waals surface area contributed by atoms with Crippen LogP contribution in [0, 0.1) is 0 Å². The third kappa shape index (κ3) is 4.62. The Morgan fingerprint density at radius 1 is 0.839 bits per heavy atom. The first-order chi connectivity index (χ1) is 15.2. The van der Waals surface area contributed by atoms with E-state index < -0.39 is 5.54 Å². The molecule has 2 aromatic carbocycles. The Balaban J connectivity index is 1.70. The number of benzene rings is 2. The van der Waals surface area contributed by atoms with Gasteiger partial charge in [0.25, 0.3) is 0 Å². The van der Waals surface area contributed by atoms with Gasteiger partial charge in [-0.3, -0.25) is 20.1 Å². The lowest BCUT2D eigenvalue weighted by Gasteiger charge is -2.34. The van der Waals surface area contributed by atoms with Crippen molar-refractivity contribution in [1.29, 1.82) is 0 Å². The van der Waals surface area contributed by atoms with Crippen LogP contribution in [-0.4, -0.2) is 22.4 Å². The summed E-state index contributed by atoms with van der Waals surface area (Å²) in [7, 11) is 0. The van der Waals surface area contributed by atoms with Gasteiger partial charge in [0.05, 0.1) is 0 Å². The highest BCUT2D eigenvalue weighted by Crippen LogP contribution is 2.33. The molecular weight excluding hydrogens is 384 g/mol. The molecule has 4 rings (SSSR count). The molecule has 2 heterocycles. The number of nitrogens with one attached hydrogen (secondary N) is 1. The molecule has 0 aliphatic heterocycles. The SMILES string of the molecule is NC(=O)C(CCc1cccnc1)(NCCc1cccnc1)c1cccc2ccccc12. The zero-order valence-electron chi connectivity index (χ0n) is 17.4. The van der Waals surface area contributed by atoms with Gasteiger partial charge in [0.2, 0.25) is 5.91 Å². The van der Waals surface area contributed by atoms with Crippen LogP contribution in [0.15, 0.2) is 91.5 Å². The smallest absolute Gasteiger partial charge is 0.242 e. The summed E-state index contributed by atoms with van der Waals surface area (Å²) in [5.41, 5.74) is 8.20. The van der Waals surface area contributed by atoms with E-state index in [2.05, 4.69) is 33.5 Å². The largest absolute Gasteiger partial charge is 0.368 e. The number of primary amides is 1. The van der Waals surface area contributed by atoms with Crippen molar-refractivity contribution in [2.24, 2.45) is 5.73 Å². The number of rotatable bonds is 9. The van der Waals surface area contributed by atoms with Crippen LogP contribution in [0.4, 0.5) is 0 Å². The molecule has 0 bridgehead atoms. The fourth-order valence-corrected chi connectivity index (χ4v) is 4.10. The van der Waals surface area contributed by atoms with E-state index in [0.717, 1.165) is 33.9 Å². The van der Waals surface area contributed by atoms with Crippen molar-refractivity contribution in [1.82, 2.24) is 15.3 Å². The van der Waals surface area contributed by atoms with Crippen LogP contribution < -0.4 is 11.1 Å². The maximum atomic E-state index is 13.1. The number of pyridine rings is 2. The third-order valence-corrected chi connectivity index (χ3v) is 5.74. The molecule has 0 saturated carbocycles. The van der Waals surface area contributed by atoms with E-state index in [-0.39, 0.29) is 5.91 Å². The molecule has 5 heteroatoms. The van der Waals surface area contributed by atoms with Gasteiger partial charge in [0.15, 0.2) is 0 Å². The van der Waals surface area contributed by atoms with Crippen molar-refractivity contribution < 1.29 is 4.79 Å². The highest BCUT2D eigenvalue weighted by atomic mass is 16.1. The summed E-state index contributed by atoms with van der Waals surface area (Å²) in [5.74, 6) is -0.376. The number of fused-ring (bicyclic) bond motifs is 1. The number of carbonyl (C=O) groups is 1. The molecule has 1 unspecified atom stereocenters. The Kier molecular flexibility index (Phi) is 6.34. The van der Waals surface area contributed by atoms with Crippen LogP contribution in [-0.2, 0) is 23.2 Å². The molecular formula is C26H26N4O. The maximum absolute atomic E-state index is 13.1. The average molecular weight is 411 g/mol. The molecule has 156 valence electrons. The van der Waals surface area contributed by atoms with E-state index in [1.807, 2.05) is 60.9 Å². The van der Waals surface area contributed by atoms with Crippen molar-refractivity contribution in [2.45, 2.75) is 24.8 Å². The molecule has 0 saturated heterocycles. The van der Waals surface area contributed by atoms with Crippen LogP contribution in [0.1, 0.15) is 23.1 Å². The predicted octanol–water partition coefficient (Wildman–Crippen LogP) is 3.78. The van der Waals surface area contributed by atoms with Gasteiger partial charge in [-0.2, -0.15) is 0 Å². The third-order valence-electron chi connectivity index (χ3n) is 5.74. The Bertz CT molecular complexity index is 1140.